The Hall–Kier alpha value is -3.12. The Morgan fingerprint density at radius 3 is 2.68 bits per heavy atom. The number of aliphatic hydroxyl groups excluding tert-OH is 1. The molecule has 12 heteroatoms. The first-order valence-corrected chi connectivity index (χ1v) is 14.4. The summed E-state index contributed by atoms with van der Waals surface area (Å²) in [6.45, 7) is 2.80. The normalized spacial score (nSPS) is 35.4. The van der Waals surface area contributed by atoms with Gasteiger partial charge in [-0.15, -0.1) is 10.1 Å². The van der Waals surface area contributed by atoms with Gasteiger partial charge in [-0.3, -0.25) is 19.2 Å². The number of ketones is 2. The van der Waals surface area contributed by atoms with Crippen molar-refractivity contribution in [3.05, 3.63) is 33.9 Å². The van der Waals surface area contributed by atoms with Gasteiger partial charge >= 0.3 is 5.97 Å². The monoisotopic (exact) mass is 576 g/mol. The quantitative estimate of drug-likeness (QED) is 0.134. The molecule has 0 aliphatic heterocycles. The third-order valence-corrected chi connectivity index (χ3v) is 10.1. The summed E-state index contributed by atoms with van der Waals surface area (Å²) in [5, 5.41) is 34.8. The van der Waals surface area contributed by atoms with Gasteiger partial charge in [0.15, 0.2) is 12.4 Å². The molecule has 3 N–H and O–H groups in total. The molecule has 7 atom stereocenters. The van der Waals surface area contributed by atoms with Gasteiger partial charge in [-0.05, 0) is 68.9 Å². The number of amides is 1. The van der Waals surface area contributed by atoms with Crippen molar-refractivity contribution in [1.82, 2.24) is 5.32 Å². The molecule has 41 heavy (non-hydrogen) atoms. The molecule has 3 fully saturated rings. The minimum atomic E-state index is -1.76. The summed E-state index contributed by atoms with van der Waals surface area (Å²) in [4.78, 5) is 63.8. The van der Waals surface area contributed by atoms with Gasteiger partial charge in [-0.25, -0.2) is 0 Å². The zero-order valence-corrected chi connectivity index (χ0v) is 23.6. The zero-order chi connectivity index (χ0) is 30.0. The lowest BCUT2D eigenvalue weighted by Crippen LogP contribution is -2.61. The van der Waals surface area contributed by atoms with Gasteiger partial charge in [0.05, 0.1) is 12.7 Å². The summed E-state index contributed by atoms with van der Waals surface area (Å²) < 4.78 is 5.11. The predicted octanol–water partition coefficient (Wildman–Crippen LogP) is 1.99. The molecule has 0 spiro atoms. The Labute approximate surface area is 238 Å². The van der Waals surface area contributed by atoms with E-state index in [4.69, 9.17) is 4.74 Å². The van der Waals surface area contributed by atoms with Gasteiger partial charge in [0.1, 0.15) is 12.1 Å². The largest absolute Gasteiger partial charge is 0.456 e. The van der Waals surface area contributed by atoms with E-state index < -0.39 is 58.4 Å². The third kappa shape index (κ3) is 5.94. The highest BCUT2D eigenvalue weighted by atomic mass is 16.9. The Kier molecular flexibility index (Phi) is 9.03. The number of hydrogen-bond donors (Lipinski definition) is 3. The lowest BCUT2D eigenvalue weighted by atomic mass is 9.46. The molecule has 0 aromatic heterocycles. The average molecular weight is 577 g/mol. The molecule has 1 amide bonds. The van der Waals surface area contributed by atoms with Crippen LogP contribution in [0.5, 0.6) is 0 Å². The summed E-state index contributed by atoms with van der Waals surface area (Å²) in [6.07, 6.45) is 8.43. The molecule has 0 unspecified atom stereocenters. The van der Waals surface area contributed by atoms with E-state index in [2.05, 4.69) is 17.1 Å². The Morgan fingerprint density at radius 2 is 1.95 bits per heavy atom. The highest BCUT2D eigenvalue weighted by molar-refractivity contribution is 6.01. The molecule has 0 aromatic rings. The molecule has 0 radical (unpaired) electrons. The van der Waals surface area contributed by atoms with Crippen LogP contribution in [0.25, 0.3) is 0 Å². The summed E-state index contributed by atoms with van der Waals surface area (Å²) >= 11 is 0. The van der Waals surface area contributed by atoms with Crippen LogP contribution >= 0.6 is 0 Å². The maximum absolute atomic E-state index is 13.3. The van der Waals surface area contributed by atoms with E-state index in [0.29, 0.717) is 25.7 Å². The molecule has 4 aliphatic rings. The molecule has 0 heterocycles. The van der Waals surface area contributed by atoms with E-state index in [1.54, 1.807) is 12.2 Å². The smallest absolute Gasteiger partial charge is 0.325 e. The number of aliphatic hydroxyl groups is 2. The Morgan fingerprint density at radius 1 is 1.20 bits per heavy atom. The Bertz CT molecular complexity index is 1150. The van der Waals surface area contributed by atoms with Crippen LogP contribution in [0.4, 0.5) is 0 Å². The number of fused-ring (bicyclic) bond motifs is 5. The van der Waals surface area contributed by atoms with E-state index in [0.717, 1.165) is 18.4 Å². The van der Waals surface area contributed by atoms with Crippen LogP contribution in [0.1, 0.15) is 71.6 Å². The van der Waals surface area contributed by atoms with Crippen molar-refractivity contribution in [2.24, 2.45) is 28.6 Å². The van der Waals surface area contributed by atoms with E-state index >= 15 is 0 Å². The van der Waals surface area contributed by atoms with Crippen LogP contribution in [-0.4, -0.2) is 70.2 Å². The molecule has 0 aromatic carbocycles. The molecule has 3 saturated carbocycles. The van der Waals surface area contributed by atoms with Crippen LogP contribution in [-0.2, 0) is 28.8 Å². The minimum absolute atomic E-state index is 0.0182. The van der Waals surface area contributed by atoms with E-state index in [1.165, 1.54) is 0 Å². The fourth-order valence-electron chi connectivity index (χ4n) is 8.07. The lowest BCUT2D eigenvalue weighted by molar-refractivity contribution is -0.757. The van der Waals surface area contributed by atoms with Gasteiger partial charge in [0.2, 0.25) is 11.7 Å². The van der Waals surface area contributed by atoms with Crippen LogP contribution in [0.2, 0.25) is 0 Å². The summed E-state index contributed by atoms with van der Waals surface area (Å²) in [5.41, 5.74) is -2.09. The molecular weight excluding hydrogens is 536 g/mol. The van der Waals surface area contributed by atoms with E-state index in [1.807, 2.05) is 13.0 Å². The standard InChI is InChI=1S/C29H40N2O10/c1-27-11-9-19(32)14-18(27)7-8-20-21-10-12-29(37,28(21,2)15-22(33)26(20)27)23(34)17-40-25(36)16-30-24(35)6-4-3-5-13-41-31(38)39/h9,11,14,20-22,26,33,37H,3-8,10,12-13,15-17H2,1-2H3,(H,30,35)/t20-,21-,22-,26+,27-,28-,29-/m0/s1. The first-order valence-electron chi connectivity index (χ1n) is 14.4. The van der Waals surface area contributed by atoms with Crippen LogP contribution in [0.3, 0.4) is 0 Å². The number of unbranched alkanes of at least 4 members (excludes halogenated alkanes) is 2. The SMILES string of the molecule is C[C@]12C=CC(=O)C=C1CC[C@@H]1[C@@H]2[C@@H](O)C[C@@]2(C)[C@H]1CC[C@]2(O)C(=O)COC(=O)CNC(=O)CCCCCO[N+](=O)[O-]. The summed E-state index contributed by atoms with van der Waals surface area (Å²) in [6, 6.07) is 0. The maximum atomic E-state index is 13.3. The number of carbonyl (C=O) groups is 4. The Balaban J connectivity index is 1.29. The number of rotatable bonds is 12. The van der Waals surface area contributed by atoms with Crippen LogP contribution in [0.15, 0.2) is 23.8 Å². The highest BCUT2D eigenvalue weighted by Gasteiger charge is 2.68. The van der Waals surface area contributed by atoms with Crippen molar-refractivity contribution in [2.45, 2.75) is 83.3 Å². The fourth-order valence-corrected chi connectivity index (χ4v) is 8.07. The lowest BCUT2D eigenvalue weighted by Gasteiger charge is -2.59. The molecular formula is C29H40N2O10. The number of esters is 1. The maximum Gasteiger partial charge on any atom is 0.325 e. The number of Topliss-reactive ketones (excluding diaryl/α,β-unsaturated/α-hetero) is 1. The second-order valence-corrected chi connectivity index (χ2v) is 12.3. The number of hydrogen-bond acceptors (Lipinski definition) is 10. The molecule has 0 bridgehead atoms. The number of nitrogens with zero attached hydrogens (tertiary/aromatic N) is 1. The highest BCUT2D eigenvalue weighted by Crippen LogP contribution is 2.67. The topological polar surface area (TPSA) is 182 Å². The van der Waals surface area contributed by atoms with Crippen molar-refractivity contribution < 1.29 is 44.1 Å². The molecule has 4 aliphatic carbocycles. The molecule has 226 valence electrons. The van der Waals surface area contributed by atoms with Crippen LogP contribution in [0, 0.1) is 38.7 Å². The molecule has 0 saturated heterocycles. The number of ether oxygens (including phenoxy) is 1. The van der Waals surface area contributed by atoms with Crippen molar-refractivity contribution in [2.75, 3.05) is 19.8 Å². The van der Waals surface area contributed by atoms with Gasteiger partial charge in [-0.1, -0.05) is 31.9 Å². The number of nitrogens with one attached hydrogen (secondary N) is 1. The van der Waals surface area contributed by atoms with Crippen molar-refractivity contribution in [1.29, 1.82) is 0 Å². The molecule has 12 nitrogen and oxygen atoms in total. The van der Waals surface area contributed by atoms with Gasteiger partial charge in [0.25, 0.3) is 5.09 Å². The van der Waals surface area contributed by atoms with Crippen LogP contribution < -0.4 is 5.32 Å². The summed E-state index contributed by atoms with van der Waals surface area (Å²) in [7, 11) is 0. The van der Waals surface area contributed by atoms with E-state index in [9.17, 15) is 39.5 Å². The predicted molar refractivity (Wildman–Crippen MR) is 143 cm³/mol. The van der Waals surface area contributed by atoms with Crippen molar-refractivity contribution in [3.63, 3.8) is 0 Å². The van der Waals surface area contributed by atoms with Gasteiger partial charge < -0.3 is 25.1 Å². The third-order valence-electron chi connectivity index (χ3n) is 10.1. The zero-order valence-electron chi connectivity index (χ0n) is 23.6. The second-order valence-electron chi connectivity index (χ2n) is 12.3. The van der Waals surface area contributed by atoms with Crippen molar-refractivity contribution >= 4 is 23.4 Å². The first kappa shape index (κ1) is 30.8. The first-order chi connectivity index (χ1) is 19.3. The van der Waals surface area contributed by atoms with Gasteiger partial charge in [0, 0.05) is 23.2 Å². The van der Waals surface area contributed by atoms with Gasteiger partial charge in [-0.2, -0.15) is 0 Å². The second kappa shape index (κ2) is 12.0. The van der Waals surface area contributed by atoms with E-state index in [-0.39, 0.29) is 49.4 Å². The fraction of sp³-hybridized carbons (Fsp3) is 0.724. The average Bonchev–Trinajstić information content (AvgIpc) is 3.18. The number of carbonyl (C=O) groups excluding carboxylic acids is 4. The summed E-state index contributed by atoms with van der Waals surface area (Å²) in [5.74, 6) is -1.95. The molecule has 4 rings (SSSR count). The minimum Gasteiger partial charge on any atom is -0.456 e. The number of allylic oxidation sites excluding steroid dienone is 4. The van der Waals surface area contributed by atoms with Crippen molar-refractivity contribution in [3.8, 4) is 0 Å².